The first-order valence-corrected chi connectivity index (χ1v) is 13.1. The summed E-state index contributed by atoms with van der Waals surface area (Å²) in [5.74, 6) is 0.286. The number of halogens is 1. The smallest absolute Gasteiger partial charge is 0.261 e. The van der Waals surface area contributed by atoms with Gasteiger partial charge in [-0.1, -0.05) is 88.9 Å². The highest BCUT2D eigenvalue weighted by atomic mass is 35.5. The van der Waals surface area contributed by atoms with Crippen molar-refractivity contribution in [1.29, 1.82) is 0 Å². The molecule has 0 saturated heterocycles. The lowest BCUT2D eigenvalue weighted by Crippen LogP contribution is -2.52. The quantitative estimate of drug-likeness (QED) is 0.443. The first-order valence-electron chi connectivity index (χ1n) is 12.8. The summed E-state index contributed by atoms with van der Waals surface area (Å²) in [5.41, 5.74) is 2.04. The molecule has 1 aliphatic rings. The Kier molecular flexibility index (Phi) is 9.62. The molecule has 0 aliphatic heterocycles. The Balaban J connectivity index is 1.75. The fraction of sp³-hybridized carbons (Fsp3) is 0.517. The van der Waals surface area contributed by atoms with E-state index < -0.39 is 6.04 Å². The Morgan fingerprint density at radius 3 is 2.31 bits per heavy atom. The van der Waals surface area contributed by atoms with Crippen molar-refractivity contribution in [2.75, 3.05) is 6.61 Å². The molecule has 1 atom stereocenters. The van der Waals surface area contributed by atoms with Crippen LogP contribution in [-0.2, 0) is 21.5 Å². The van der Waals surface area contributed by atoms with Crippen molar-refractivity contribution in [3.05, 3.63) is 64.7 Å². The molecule has 2 amide bonds. The van der Waals surface area contributed by atoms with Gasteiger partial charge >= 0.3 is 0 Å². The van der Waals surface area contributed by atoms with Crippen LogP contribution in [0.2, 0.25) is 5.02 Å². The molecule has 35 heavy (non-hydrogen) atoms. The lowest BCUT2D eigenvalue weighted by atomic mass is 9.87. The molecule has 1 N–H and O–H groups in total. The molecule has 0 unspecified atom stereocenters. The number of hydrogen-bond acceptors (Lipinski definition) is 3. The van der Waals surface area contributed by atoms with Crippen LogP contribution >= 0.6 is 11.6 Å². The van der Waals surface area contributed by atoms with Crippen LogP contribution < -0.4 is 10.1 Å². The molecule has 0 aromatic heterocycles. The van der Waals surface area contributed by atoms with E-state index in [4.69, 9.17) is 16.3 Å². The van der Waals surface area contributed by atoms with Gasteiger partial charge in [-0.25, -0.2) is 0 Å². The second-order valence-electron chi connectivity index (χ2n) is 10.4. The van der Waals surface area contributed by atoms with E-state index in [9.17, 15) is 9.59 Å². The van der Waals surface area contributed by atoms with Gasteiger partial charge in [-0.2, -0.15) is 0 Å². The lowest BCUT2D eigenvalue weighted by molar-refractivity contribution is -0.143. The van der Waals surface area contributed by atoms with Crippen molar-refractivity contribution >= 4 is 23.4 Å². The second kappa shape index (κ2) is 12.4. The number of benzene rings is 2. The summed E-state index contributed by atoms with van der Waals surface area (Å²) in [7, 11) is 0. The van der Waals surface area contributed by atoms with Crippen LogP contribution in [0.25, 0.3) is 0 Å². The summed E-state index contributed by atoms with van der Waals surface area (Å²) in [4.78, 5) is 28.3. The molecule has 1 saturated carbocycles. The fourth-order valence-electron chi connectivity index (χ4n) is 4.55. The van der Waals surface area contributed by atoms with Gasteiger partial charge in [-0.05, 0) is 54.0 Å². The third-order valence-electron chi connectivity index (χ3n) is 6.72. The van der Waals surface area contributed by atoms with Crippen molar-refractivity contribution in [1.82, 2.24) is 10.2 Å². The highest BCUT2D eigenvalue weighted by Crippen LogP contribution is 2.25. The van der Waals surface area contributed by atoms with E-state index in [1.54, 1.807) is 11.0 Å². The average Bonchev–Trinajstić information content (AvgIpc) is 2.84. The molecule has 0 spiro atoms. The number of amides is 2. The van der Waals surface area contributed by atoms with Gasteiger partial charge in [0, 0.05) is 17.6 Å². The van der Waals surface area contributed by atoms with Gasteiger partial charge in [0.15, 0.2) is 6.61 Å². The Morgan fingerprint density at radius 2 is 1.71 bits per heavy atom. The molecule has 190 valence electrons. The number of nitrogens with one attached hydrogen (secondary N) is 1. The molecule has 6 heteroatoms. The maximum atomic E-state index is 13.4. The molecule has 3 rings (SSSR count). The van der Waals surface area contributed by atoms with Crippen LogP contribution in [0, 0.1) is 0 Å². The van der Waals surface area contributed by atoms with Crippen molar-refractivity contribution < 1.29 is 14.3 Å². The van der Waals surface area contributed by atoms with E-state index in [-0.39, 0.29) is 36.4 Å². The van der Waals surface area contributed by atoms with Crippen molar-refractivity contribution in [3.8, 4) is 5.75 Å². The molecule has 0 bridgehead atoms. The third-order valence-corrected chi connectivity index (χ3v) is 7.09. The predicted molar refractivity (Wildman–Crippen MR) is 142 cm³/mol. The minimum absolute atomic E-state index is 0.0418. The maximum Gasteiger partial charge on any atom is 0.261 e. The van der Waals surface area contributed by atoms with Crippen LogP contribution in [0.5, 0.6) is 5.75 Å². The number of carbonyl (C=O) groups is 2. The minimum atomic E-state index is -0.590. The number of carbonyl (C=O) groups excluding carboxylic acids is 2. The molecular formula is C29H39ClN2O3. The van der Waals surface area contributed by atoms with E-state index in [1.807, 2.05) is 49.4 Å². The van der Waals surface area contributed by atoms with Gasteiger partial charge in [-0.15, -0.1) is 0 Å². The lowest BCUT2D eigenvalue weighted by Gasteiger charge is -2.33. The summed E-state index contributed by atoms with van der Waals surface area (Å²) in [6.07, 6.45) is 5.98. The maximum absolute atomic E-state index is 13.4. The van der Waals surface area contributed by atoms with E-state index >= 15 is 0 Å². The second-order valence-corrected chi connectivity index (χ2v) is 10.9. The van der Waals surface area contributed by atoms with Gasteiger partial charge in [0.05, 0.1) is 0 Å². The van der Waals surface area contributed by atoms with Gasteiger partial charge < -0.3 is 15.0 Å². The summed E-state index contributed by atoms with van der Waals surface area (Å²) in [5, 5.41) is 3.77. The van der Waals surface area contributed by atoms with Crippen molar-refractivity contribution in [3.63, 3.8) is 0 Å². The molecule has 0 radical (unpaired) electrons. The SMILES string of the molecule is CC[C@@H](C(=O)NC1CCCCC1)N(Cc1ccccc1Cl)C(=O)COc1ccc(C(C)(C)C)cc1. The zero-order valence-corrected chi connectivity index (χ0v) is 22.2. The molecule has 2 aromatic carbocycles. The first-order chi connectivity index (χ1) is 16.7. The minimum Gasteiger partial charge on any atom is -0.484 e. The summed E-state index contributed by atoms with van der Waals surface area (Å²) >= 11 is 6.41. The average molecular weight is 499 g/mol. The van der Waals surface area contributed by atoms with Crippen LogP contribution in [0.4, 0.5) is 0 Å². The molecule has 5 nitrogen and oxygen atoms in total. The van der Waals surface area contributed by atoms with Crippen LogP contribution in [-0.4, -0.2) is 35.4 Å². The molecule has 1 aliphatic carbocycles. The largest absolute Gasteiger partial charge is 0.484 e. The third kappa shape index (κ3) is 7.73. The summed E-state index contributed by atoms with van der Waals surface area (Å²) < 4.78 is 5.85. The Bertz CT molecular complexity index is 978. The van der Waals surface area contributed by atoms with Gasteiger partial charge in [0.1, 0.15) is 11.8 Å². The fourth-order valence-corrected chi connectivity index (χ4v) is 4.75. The van der Waals surface area contributed by atoms with Gasteiger partial charge in [0.25, 0.3) is 5.91 Å². The number of rotatable bonds is 9. The Labute approximate surface area is 215 Å². The van der Waals surface area contributed by atoms with Crippen LogP contribution in [0.15, 0.2) is 48.5 Å². The summed E-state index contributed by atoms with van der Waals surface area (Å²) in [6.45, 7) is 8.50. The van der Waals surface area contributed by atoms with E-state index in [2.05, 4.69) is 26.1 Å². The van der Waals surface area contributed by atoms with E-state index in [0.29, 0.717) is 17.2 Å². The van der Waals surface area contributed by atoms with Gasteiger partial charge in [-0.3, -0.25) is 9.59 Å². The van der Waals surface area contributed by atoms with Crippen LogP contribution in [0.3, 0.4) is 0 Å². The molecule has 2 aromatic rings. The zero-order chi connectivity index (χ0) is 25.4. The zero-order valence-electron chi connectivity index (χ0n) is 21.5. The first kappa shape index (κ1) is 27.1. The Morgan fingerprint density at radius 1 is 1.06 bits per heavy atom. The van der Waals surface area contributed by atoms with Crippen molar-refractivity contribution in [2.45, 2.75) is 90.3 Å². The highest BCUT2D eigenvalue weighted by Gasteiger charge is 2.31. The van der Waals surface area contributed by atoms with Crippen LogP contribution in [0.1, 0.15) is 77.3 Å². The summed E-state index contributed by atoms with van der Waals surface area (Å²) in [6, 6.07) is 14.8. The van der Waals surface area contributed by atoms with E-state index in [1.165, 1.54) is 12.0 Å². The van der Waals surface area contributed by atoms with E-state index in [0.717, 1.165) is 31.2 Å². The molecule has 1 fully saturated rings. The monoisotopic (exact) mass is 498 g/mol. The van der Waals surface area contributed by atoms with Gasteiger partial charge in [0.2, 0.25) is 5.91 Å². The predicted octanol–water partition coefficient (Wildman–Crippen LogP) is 6.27. The number of nitrogens with zero attached hydrogens (tertiary/aromatic N) is 1. The molecule has 0 heterocycles. The standard InChI is InChI=1S/C29H39ClN2O3/c1-5-26(28(34)31-23-12-7-6-8-13-23)32(19-21-11-9-10-14-25(21)30)27(33)20-35-24-17-15-22(16-18-24)29(2,3)4/h9-11,14-18,23,26H,5-8,12-13,19-20H2,1-4H3,(H,31,34)/t26-/m0/s1. The normalized spacial score (nSPS) is 15.3. The molecular weight excluding hydrogens is 460 g/mol. The Hall–Kier alpha value is -2.53. The highest BCUT2D eigenvalue weighted by molar-refractivity contribution is 6.31. The number of ether oxygens (including phenoxy) is 1. The van der Waals surface area contributed by atoms with Crippen molar-refractivity contribution in [2.24, 2.45) is 0 Å². The number of hydrogen-bond donors (Lipinski definition) is 1. The topological polar surface area (TPSA) is 58.6 Å².